The van der Waals surface area contributed by atoms with Gasteiger partial charge in [-0.2, -0.15) is 0 Å². The zero-order valence-electron chi connectivity index (χ0n) is 10.6. The van der Waals surface area contributed by atoms with Crippen LogP contribution >= 0.6 is 0 Å². The van der Waals surface area contributed by atoms with Gasteiger partial charge in [0.05, 0.1) is 18.1 Å². The zero-order chi connectivity index (χ0) is 12.5. The van der Waals surface area contributed by atoms with Crippen LogP contribution in [0.3, 0.4) is 0 Å². The monoisotopic (exact) mass is 241 g/mol. The van der Waals surface area contributed by atoms with Crippen LogP contribution in [0.25, 0.3) is 16.6 Å². The summed E-state index contributed by atoms with van der Waals surface area (Å²) in [6.45, 7) is 0.833. The Labute approximate surface area is 106 Å². The van der Waals surface area contributed by atoms with Crippen LogP contribution in [0.1, 0.15) is 12.0 Å². The lowest BCUT2D eigenvalue weighted by Gasteiger charge is -2.13. The van der Waals surface area contributed by atoms with Crippen molar-refractivity contribution in [2.75, 3.05) is 13.7 Å². The number of aryl methyl sites for hydroxylation is 1. The number of nitrogens with zero attached hydrogens (tertiary/aromatic N) is 3. The average molecular weight is 241 g/mol. The third kappa shape index (κ3) is 1.70. The molecule has 2 aromatic heterocycles. The number of allylic oxidation sites excluding steroid dienone is 1. The van der Waals surface area contributed by atoms with Crippen LogP contribution in [0.15, 0.2) is 29.4 Å². The topological polar surface area (TPSA) is 39.4 Å². The molecule has 18 heavy (non-hydrogen) atoms. The number of pyridine rings is 1. The molecule has 3 rings (SSSR count). The second-order valence-corrected chi connectivity index (χ2v) is 4.37. The fraction of sp³-hybridized carbons (Fsp3) is 0.286. The van der Waals surface area contributed by atoms with Crippen LogP contribution in [-0.4, -0.2) is 29.4 Å². The van der Waals surface area contributed by atoms with E-state index in [1.54, 1.807) is 7.11 Å². The minimum atomic E-state index is 0.690. The highest BCUT2D eigenvalue weighted by molar-refractivity contribution is 5.90. The zero-order valence-corrected chi connectivity index (χ0v) is 10.6. The predicted octanol–water partition coefficient (Wildman–Crippen LogP) is 2.44. The molecule has 0 radical (unpaired) electrons. The molecule has 0 bridgehead atoms. The van der Waals surface area contributed by atoms with E-state index in [0.29, 0.717) is 5.88 Å². The molecule has 0 spiro atoms. The van der Waals surface area contributed by atoms with Crippen molar-refractivity contribution in [1.29, 1.82) is 0 Å². The fourth-order valence-corrected chi connectivity index (χ4v) is 2.26. The molecule has 0 saturated carbocycles. The number of aromatic nitrogens is 2. The van der Waals surface area contributed by atoms with Crippen LogP contribution in [-0.2, 0) is 7.05 Å². The maximum Gasteiger partial charge on any atom is 0.221 e. The number of fused-ring (bicyclic) bond motifs is 1. The first-order valence-electron chi connectivity index (χ1n) is 5.99. The Hall–Kier alpha value is -2.10. The molecule has 0 aliphatic carbocycles. The van der Waals surface area contributed by atoms with Crippen molar-refractivity contribution in [1.82, 2.24) is 9.55 Å². The van der Waals surface area contributed by atoms with Gasteiger partial charge < -0.3 is 9.30 Å². The van der Waals surface area contributed by atoms with E-state index in [-0.39, 0.29) is 0 Å². The van der Waals surface area contributed by atoms with E-state index in [2.05, 4.69) is 20.6 Å². The highest BCUT2D eigenvalue weighted by Gasteiger charge is 2.14. The highest BCUT2D eigenvalue weighted by atomic mass is 16.5. The number of ether oxygens (including phenoxy) is 1. The molecular formula is C14H15N3O. The molecule has 0 amide bonds. The summed E-state index contributed by atoms with van der Waals surface area (Å²) in [7, 11) is 3.69. The SMILES string of the molecule is COc1nc2ccn(C)c2cc1C1=CC=NCC1. The number of methoxy groups -OCH3 is 1. The Balaban J connectivity index is 2.22. The van der Waals surface area contributed by atoms with Crippen molar-refractivity contribution in [3.05, 3.63) is 30.0 Å². The second-order valence-electron chi connectivity index (χ2n) is 4.37. The van der Waals surface area contributed by atoms with Crippen LogP contribution in [0.5, 0.6) is 5.88 Å². The van der Waals surface area contributed by atoms with Gasteiger partial charge in [-0.1, -0.05) is 0 Å². The van der Waals surface area contributed by atoms with E-state index < -0.39 is 0 Å². The molecule has 92 valence electrons. The van der Waals surface area contributed by atoms with Gasteiger partial charge in [-0.3, -0.25) is 4.99 Å². The normalized spacial score (nSPS) is 14.9. The molecule has 4 nitrogen and oxygen atoms in total. The number of hydrogen-bond donors (Lipinski definition) is 0. The van der Waals surface area contributed by atoms with E-state index in [1.165, 1.54) is 5.57 Å². The molecule has 2 aromatic rings. The van der Waals surface area contributed by atoms with Gasteiger partial charge in [0.15, 0.2) is 0 Å². The van der Waals surface area contributed by atoms with Gasteiger partial charge >= 0.3 is 0 Å². The molecule has 0 aromatic carbocycles. The van der Waals surface area contributed by atoms with E-state index >= 15 is 0 Å². The first kappa shape index (κ1) is 11.0. The van der Waals surface area contributed by atoms with Crippen LogP contribution in [0.4, 0.5) is 0 Å². The van der Waals surface area contributed by atoms with Crippen molar-refractivity contribution >= 4 is 22.8 Å². The van der Waals surface area contributed by atoms with Gasteiger partial charge in [-0.15, -0.1) is 0 Å². The average Bonchev–Trinajstić information content (AvgIpc) is 2.79. The number of dihydropyridines is 1. The number of rotatable bonds is 2. The van der Waals surface area contributed by atoms with Crippen molar-refractivity contribution in [2.45, 2.75) is 6.42 Å². The van der Waals surface area contributed by atoms with E-state index in [9.17, 15) is 0 Å². The van der Waals surface area contributed by atoms with Crippen LogP contribution in [0, 0.1) is 0 Å². The summed E-state index contributed by atoms with van der Waals surface area (Å²) in [6.07, 6.45) is 6.84. The maximum absolute atomic E-state index is 5.41. The molecule has 3 heterocycles. The fourth-order valence-electron chi connectivity index (χ4n) is 2.26. The second kappa shape index (κ2) is 4.29. The lowest BCUT2D eigenvalue weighted by atomic mass is 10.0. The Morgan fingerprint density at radius 2 is 2.28 bits per heavy atom. The highest BCUT2D eigenvalue weighted by Crippen LogP contribution is 2.30. The maximum atomic E-state index is 5.41. The van der Waals surface area contributed by atoms with Crippen molar-refractivity contribution < 1.29 is 4.74 Å². The molecule has 1 aliphatic heterocycles. The molecule has 0 fully saturated rings. The summed E-state index contributed by atoms with van der Waals surface area (Å²) in [5, 5.41) is 0. The largest absolute Gasteiger partial charge is 0.481 e. The molecule has 1 aliphatic rings. The van der Waals surface area contributed by atoms with E-state index in [0.717, 1.165) is 29.6 Å². The summed E-state index contributed by atoms with van der Waals surface area (Å²) >= 11 is 0. The Morgan fingerprint density at radius 3 is 3.00 bits per heavy atom. The molecule has 4 heteroatoms. The molecule has 0 unspecified atom stereocenters. The summed E-state index contributed by atoms with van der Waals surface area (Å²) in [6, 6.07) is 4.14. The van der Waals surface area contributed by atoms with Gasteiger partial charge in [0, 0.05) is 31.6 Å². The van der Waals surface area contributed by atoms with Gasteiger partial charge in [0.1, 0.15) is 0 Å². The van der Waals surface area contributed by atoms with Crippen molar-refractivity contribution in [3.8, 4) is 5.88 Å². The number of aliphatic imine (C=N–C) groups is 1. The third-order valence-corrected chi connectivity index (χ3v) is 3.26. The minimum absolute atomic E-state index is 0.690. The summed E-state index contributed by atoms with van der Waals surface area (Å²) in [4.78, 5) is 8.77. The minimum Gasteiger partial charge on any atom is -0.481 e. The van der Waals surface area contributed by atoms with Gasteiger partial charge in [0.25, 0.3) is 0 Å². The Kier molecular flexibility index (Phi) is 2.63. The first-order valence-corrected chi connectivity index (χ1v) is 5.99. The van der Waals surface area contributed by atoms with Gasteiger partial charge in [-0.05, 0) is 30.2 Å². The number of hydrogen-bond acceptors (Lipinski definition) is 3. The molecule has 0 N–H and O–H groups in total. The van der Waals surface area contributed by atoms with Crippen LogP contribution < -0.4 is 4.74 Å². The lowest BCUT2D eigenvalue weighted by molar-refractivity contribution is 0.398. The van der Waals surface area contributed by atoms with Gasteiger partial charge in [-0.25, -0.2) is 4.98 Å². The van der Waals surface area contributed by atoms with Crippen molar-refractivity contribution in [3.63, 3.8) is 0 Å². The smallest absolute Gasteiger partial charge is 0.221 e. The summed E-state index contributed by atoms with van der Waals surface area (Å²) < 4.78 is 7.48. The Bertz CT molecular complexity index is 652. The molecular weight excluding hydrogens is 226 g/mol. The van der Waals surface area contributed by atoms with E-state index in [4.69, 9.17) is 4.74 Å². The molecule has 0 saturated heterocycles. The van der Waals surface area contributed by atoms with E-state index in [1.807, 2.05) is 31.6 Å². The van der Waals surface area contributed by atoms with Crippen LogP contribution in [0.2, 0.25) is 0 Å². The third-order valence-electron chi connectivity index (χ3n) is 3.26. The first-order chi connectivity index (χ1) is 8.79. The standard InChI is InChI=1S/C14H15N3O/c1-17-8-5-12-13(17)9-11(14(16-12)18-2)10-3-6-15-7-4-10/h3,5-6,8-9H,4,7H2,1-2H3. The summed E-state index contributed by atoms with van der Waals surface area (Å²) in [5.41, 5.74) is 4.38. The summed E-state index contributed by atoms with van der Waals surface area (Å²) in [5.74, 6) is 0.690. The molecule has 0 atom stereocenters. The van der Waals surface area contributed by atoms with Gasteiger partial charge in [0.2, 0.25) is 5.88 Å². The Morgan fingerprint density at radius 1 is 1.39 bits per heavy atom. The quantitative estimate of drug-likeness (QED) is 0.810. The predicted molar refractivity (Wildman–Crippen MR) is 73.2 cm³/mol. The van der Waals surface area contributed by atoms with Crippen molar-refractivity contribution in [2.24, 2.45) is 12.0 Å². The lowest BCUT2D eigenvalue weighted by Crippen LogP contribution is -2.00.